The number of benzene rings is 2. The van der Waals surface area contributed by atoms with Crippen LogP contribution in [0.4, 0.5) is 5.69 Å². The first-order valence-corrected chi connectivity index (χ1v) is 8.70. The van der Waals surface area contributed by atoms with Gasteiger partial charge in [0.25, 0.3) is 0 Å². The van der Waals surface area contributed by atoms with Crippen molar-refractivity contribution in [3.8, 4) is 23.0 Å². The van der Waals surface area contributed by atoms with Gasteiger partial charge >= 0.3 is 0 Å². The molecule has 3 rings (SSSR count). The molecule has 6 nitrogen and oxygen atoms in total. The minimum atomic E-state index is 0.297. The van der Waals surface area contributed by atoms with Gasteiger partial charge in [0.05, 0.1) is 26.9 Å². The third-order valence-electron chi connectivity index (χ3n) is 4.79. The lowest BCUT2D eigenvalue weighted by atomic mass is 10.1. The van der Waals surface area contributed by atoms with E-state index in [1.54, 1.807) is 33.5 Å². The van der Waals surface area contributed by atoms with Crippen molar-refractivity contribution in [2.75, 3.05) is 52.4 Å². The monoisotopic (exact) mass is 358 g/mol. The molecule has 0 amide bonds. The molecular formula is C20H26N2O4. The van der Waals surface area contributed by atoms with Gasteiger partial charge in [-0.1, -0.05) is 0 Å². The summed E-state index contributed by atoms with van der Waals surface area (Å²) in [5.41, 5.74) is 2.18. The van der Waals surface area contributed by atoms with Gasteiger partial charge in [0.1, 0.15) is 23.0 Å². The Balaban J connectivity index is 1.68. The summed E-state index contributed by atoms with van der Waals surface area (Å²) in [5.74, 6) is 2.58. The Morgan fingerprint density at radius 2 is 1.42 bits per heavy atom. The fraction of sp³-hybridized carbons (Fsp3) is 0.400. The highest BCUT2D eigenvalue weighted by Gasteiger charge is 2.21. The summed E-state index contributed by atoms with van der Waals surface area (Å²) >= 11 is 0. The van der Waals surface area contributed by atoms with Gasteiger partial charge in [0.15, 0.2) is 0 Å². The summed E-state index contributed by atoms with van der Waals surface area (Å²) < 4.78 is 16.4. The number of hydrogen-bond acceptors (Lipinski definition) is 6. The van der Waals surface area contributed by atoms with E-state index >= 15 is 0 Å². The number of phenolic OH excluding ortho intramolecular Hbond substituents is 1. The normalized spacial score (nSPS) is 15.0. The molecule has 140 valence electrons. The van der Waals surface area contributed by atoms with Crippen molar-refractivity contribution in [1.29, 1.82) is 0 Å². The summed E-state index contributed by atoms with van der Waals surface area (Å²) in [7, 11) is 4.97. The Kier molecular flexibility index (Phi) is 5.73. The van der Waals surface area contributed by atoms with Gasteiger partial charge in [0.2, 0.25) is 0 Å². The molecule has 0 atom stereocenters. The quantitative estimate of drug-likeness (QED) is 0.857. The Hall–Kier alpha value is -2.60. The smallest absolute Gasteiger partial charge is 0.130 e. The van der Waals surface area contributed by atoms with Crippen LogP contribution >= 0.6 is 0 Å². The molecule has 0 saturated carbocycles. The number of methoxy groups -OCH3 is 3. The average Bonchev–Trinajstić information content (AvgIpc) is 2.69. The number of ether oxygens (including phenoxy) is 3. The van der Waals surface area contributed by atoms with Crippen molar-refractivity contribution >= 4 is 5.69 Å². The van der Waals surface area contributed by atoms with Crippen molar-refractivity contribution in [2.45, 2.75) is 6.54 Å². The number of piperazine rings is 1. The first-order chi connectivity index (χ1) is 12.6. The predicted octanol–water partition coefficient (Wildman–Crippen LogP) is 2.74. The lowest BCUT2D eigenvalue weighted by Crippen LogP contribution is -2.46. The van der Waals surface area contributed by atoms with Crippen LogP contribution in [0, 0.1) is 0 Å². The number of rotatable bonds is 6. The van der Waals surface area contributed by atoms with Crippen LogP contribution in [0.1, 0.15) is 5.56 Å². The van der Waals surface area contributed by atoms with Gasteiger partial charge in [-0.15, -0.1) is 0 Å². The maximum absolute atomic E-state index is 9.44. The summed E-state index contributed by atoms with van der Waals surface area (Å²) in [6.45, 7) is 4.52. The topological polar surface area (TPSA) is 54.4 Å². The number of aromatic hydroxyl groups is 1. The molecule has 2 aromatic rings. The molecule has 26 heavy (non-hydrogen) atoms. The van der Waals surface area contributed by atoms with Crippen molar-refractivity contribution in [1.82, 2.24) is 4.90 Å². The zero-order valence-electron chi connectivity index (χ0n) is 15.6. The van der Waals surface area contributed by atoms with Crippen molar-refractivity contribution in [3.05, 3.63) is 42.0 Å². The van der Waals surface area contributed by atoms with Gasteiger partial charge in [-0.2, -0.15) is 0 Å². The lowest BCUT2D eigenvalue weighted by molar-refractivity contribution is 0.241. The summed E-state index contributed by atoms with van der Waals surface area (Å²) in [6.07, 6.45) is 0. The van der Waals surface area contributed by atoms with Crippen molar-refractivity contribution in [2.24, 2.45) is 0 Å². The molecule has 1 saturated heterocycles. The Morgan fingerprint density at radius 1 is 0.846 bits per heavy atom. The number of hydrogen-bond donors (Lipinski definition) is 1. The first-order valence-electron chi connectivity index (χ1n) is 8.70. The molecule has 2 aromatic carbocycles. The van der Waals surface area contributed by atoms with Crippen LogP contribution in [0.25, 0.3) is 0 Å². The number of anilines is 1. The Labute approximate surface area is 154 Å². The fourth-order valence-corrected chi connectivity index (χ4v) is 3.28. The summed E-state index contributed by atoms with van der Waals surface area (Å²) in [4.78, 5) is 4.72. The van der Waals surface area contributed by atoms with E-state index in [4.69, 9.17) is 14.2 Å². The minimum absolute atomic E-state index is 0.297. The van der Waals surface area contributed by atoms with E-state index in [9.17, 15) is 5.11 Å². The highest BCUT2D eigenvalue weighted by Crippen LogP contribution is 2.35. The van der Waals surface area contributed by atoms with Gasteiger partial charge in [-0.05, 0) is 24.3 Å². The maximum Gasteiger partial charge on any atom is 0.130 e. The predicted molar refractivity (Wildman–Crippen MR) is 102 cm³/mol. The Morgan fingerprint density at radius 3 is 1.92 bits per heavy atom. The molecule has 0 radical (unpaired) electrons. The summed E-state index contributed by atoms with van der Waals surface area (Å²) in [5, 5.41) is 9.44. The standard InChI is InChI=1S/C20H26N2O4/c1-24-17-12-19(25-2)18(20(13-17)26-3)14-21-8-10-22(11-9-21)15-4-6-16(23)7-5-15/h4-7,12-13,23H,8-11,14H2,1-3H3. The number of phenols is 1. The second-order valence-corrected chi connectivity index (χ2v) is 6.29. The molecule has 0 spiro atoms. The third kappa shape index (κ3) is 3.96. The van der Waals surface area contributed by atoms with E-state index in [0.717, 1.165) is 61.2 Å². The molecule has 1 aliphatic rings. The second-order valence-electron chi connectivity index (χ2n) is 6.29. The molecule has 1 heterocycles. The largest absolute Gasteiger partial charge is 0.508 e. The van der Waals surface area contributed by atoms with E-state index in [-0.39, 0.29) is 0 Å². The molecule has 0 unspecified atom stereocenters. The van der Waals surface area contributed by atoms with E-state index in [2.05, 4.69) is 9.80 Å². The first kappa shape index (κ1) is 18.2. The van der Waals surface area contributed by atoms with E-state index in [1.807, 2.05) is 24.3 Å². The Bertz CT molecular complexity index is 700. The molecule has 1 aliphatic heterocycles. The second kappa shape index (κ2) is 8.19. The van der Waals surface area contributed by atoms with E-state index < -0.39 is 0 Å². The van der Waals surface area contributed by atoms with Crippen molar-refractivity contribution < 1.29 is 19.3 Å². The average molecular weight is 358 g/mol. The molecule has 0 aliphatic carbocycles. The molecule has 1 fully saturated rings. The SMILES string of the molecule is COc1cc(OC)c(CN2CCN(c3ccc(O)cc3)CC2)c(OC)c1. The van der Waals surface area contributed by atoms with Crippen LogP contribution in [-0.4, -0.2) is 57.5 Å². The van der Waals surface area contributed by atoms with E-state index in [0.29, 0.717) is 5.75 Å². The van der Waals surface area contributed by atoms with Crippen LogP contribution in [0.3, 0.4) is 0 Å². The molecule has 6 heteroatoms. The van der Waals surface area contributed by atoms with Crippen LogP contribution in [0.2, 0.25) is 0 Å². The maximum atomic E-state index is 9.44. The van der Waals surface area contributed by atoms with Gasteiger partial charge in [-0.25, -0.2) is 0 Å². The molecular weight excluding hydrogens is 332 g/mol. The third-order valence-corrected chi connectivity index (χ3v) is 4.79. The lowest BCUT2D eigenvalue weighted by Gasteiger charge is -2.36. The highest BCUT2D eigenvalue weighted by atomic mass is 16.5. The van der Waals surface area contributed by atoms with Gasteiger partial charge in [0, 0.05) is 50.5 Å². The van der Waals surface area contributed by atoms with Crippen LogP contribution in [0.5, 0.6) is 23.0 Å². The van der Waals surface area contributed by atoms with Crippen LogP contribution < -0.4 is 19.1 Å². The minimum Gasteiger partial charge on any atom is -0.508 e. The zero-order chi connectivity index (χ0) is 18.5. The summed E-state index contributed by atoms with van der Waals surface area (Å²) in [6, 6.07) is 11.2. The molecule has 1 N–H and O–H groups in total. The zero-order valence-corrected chi connectivity index (χ0v) is 15.6. The number of nitrogens with zero attached hydrogens (tertiary/aromatic N) is 2. The highest BCUT2D eigenvalue weighted by molar-refractivity contribution is 5.51. The van der Waals surface area contributed by atoms with Crippen LogP contribution in [0.15, 0.2) is 36.4 Å². The molecule has 0 aromatic heterocycles. The van der Waals surface area contributed by atoms with Gasteiger partial charge in [-0.3, -0.25) is 4.90 Å². The molecule has 0 bridgehead atoms. The van der Waals surface area contributed by atoms with Crippen molar-refractivity contribution in [3.63, 3.8) is 0 Å². The fourth-order valence-electron chi connectivity index (χ4n) is 3.28. The van der Waals surface area contributed by atoms with E-state index in [1.165, 1.54) is 0 Å². The van der Waals surface area contributed by atoms with Gasteiger partial charge < -0.3 is 24.2 Å². The van der Waals surface area contributed by atoms with Crippen LogP contribution in [-0.2, 0) is 6.54 Å².